The maximum Gasteiger partial charge on any atom is 0.410 e. The molecule has 0 spiro atoms. The maximum atomic E-state index is 12.3. The smallest absolute Gasteiger partial charge is 0.410 e. The summed E-state index contributed by atoms with van der Waals surface area (Å²) in [5.74, 6) is 0.192. The lowest BCUT2D eigenvalue weighted by Crippen LogP contribution is -2.49. The second-order valence-electron chi connectivity index (χ2n) is 5.91. The van der Waals surface area contributed by atoms with E-state index in [4.69, 9.17) is 4.74 Å². The van der Waals surface area contributed by atoms with Gasteiger partial charge in [-0.3, -0.25) is 9.69 Å². The number of nitrogens with zero attached hydrogens (tertiary/aromatic N) is 2. The van der Waals surface area contributed by atoms with Crippen molar-refractivity contribution in [3.05, 3.63) is 22.4 Å². The summed E-state index contributed by atoms with van der Waals surface area (Å²) in [4.78, 5) is 29.1. The summed E-state index contributed by atoms with van der Waals surface area (Å²) in [6, 6.07) is 4.39. The van der Waals surface area contributed by atoms with E-state index in [2.05, 4.69) is 6.92 Å². The number of rotatable bonds is 4. The molecule has 0 radical (unpaired) electrons. The highest BCUT2D eigenvalue weighted by molar-refractivity contribution is 7.10. The van der Waals surface area contributed by atoms with Crippen LogP contribution in [0.2, 0.25) is 0 Å². The number of carbonyl (C=O) groups excluding carboxylic acids is 2. The summed E-state index contributed by atoms with van der Waals surface area (Å²) < 4.78 is 5.17. The number of cyclic esters (lactones) is 1. The summed E-state index contributed by atoms with van der Waals surface area (Å²) >= 11 is 1.62. The van der Waals surface area contributed by atoms with E-state index in [9.17, 15) is 9.59 Å². The Hall–Kier alpha value is -1.56. The Labute approximate surface area is 134 Å². The third-order valence-corrected chi connectivity index (χ3v) is 5.47. The zero-order valence-electron chi connectivity index (χ0n) is 12.9. The van der Waals surface area contributed by atoms with Gasteiger partial charge in [0.1, 0.15) is 6.61 Å². The third kappa shape index (κ3) is 3.11. The van der Waals surface area contributed by atoms with Crippen molar-refractivity contribution < 1.29 is 14.3 Å². The zero-order chi connectivity index (χ0) is 15.5. The first-order chi connectivity index (χ1) is 10.7. The molecule has 0 bridgehead atoms. The minimum Gasteiger partial charge on any atom is -0.447 e. The van der Waals surface area contributed by atoms with Crippen LogP contribution < -0.4 is 0 Å². The fourth-order valence-electron chi connectivity index (χ4n) is 3.30. The summed E-state index contributed by atoms with van der Waals surface area (Å²) in [7, 11) is 0. The molecule has 3 rings (SSSR count). The van der Waals surface area contributed by atoms with Crippen molar-refractivity contribution in [1.82, 2.24) is 9.80 Å². The summed E-state index contributed by atoms with van der Waals surface area (Å²) in [6.45, 7) is 4.05. The average Bonchev–Trinajstić information content (AvgIpc) is 3.16. The predicted molar refractivity (Wildman–Crippen MR) is 84.9 cm³/mol. The molecule has 2 saturated heterocycles. The van der Waals surface area contributed by atoms with Crippen LogP contribution in [0.25, 0.3) is 0 Å². The molecular weight excluding hydrogens is 300 g/mol. The Bertz CT molecular complexity index is 524. The van der Waals surface area contributed by atoms with Crippen molar-refractivity contribution in [3.63, 3.8) is 0 Å². The first-order valence-electron chi connectivity index (χ1n) is 7.94. The molecule has 2 fully saturated rings. The molecule has 1 unspecified atom stereocenters. The number of piperidine rings is 1. The second kappa shape index (κ2) is 6.69. The van der Waals surface area contributed by atoms with Crippen LogP contribution in [0.5, 0.6) is 0 Å². The van der Waals surface area contributed by atoms with Gasteiger partial charge in [0.25, 0.3) is 0 Å². The second-order valence-corrected chi connectivity index (χ2v) is 6.95. The van der Waals surface area contributed by atoms with Gasteiger partial charge in [-0.1, -0.05) is 13.0 Å². The Morgan fingerprint density at radius 3 is 2.82 bits per heavy atom. The van der Waals surface area contributed by atoms with Crippen LogP contribution in [0.3, 0.4) is 0 Å². The molecular formula is C16H22N2O3S. The molecule has 3 heterocycles. The highest BCUT2D eigenvalue weighted by Crippen LogP contribution is 2.25. The molecule has 6 heteroatoms. The minimum absolute atomic E-state index is 0.185. The Kier molecular flexibility index (Phi) is 4.66. The van der Waals surface area contributed by atoms with Gasteiger partial charge in [0.2, 0.25) is 5.91 Å². The highest BCUT2D eigenvalue weighted by Gasteiger charge is 2.38. The zero-order valence-corrected chi connectivity index (χ0v) is 13.7. The van der Waals surface area contributed by atoms with Gasteiger partial charge >= 0.3 is 6.09 Å². The number of likely N-dealkylation sites (tertiary alicyclic amines) is 1. The van der Waals surface area contributed by atoms with Crippen molar-refractivity contribution in [1.29, 1.82) is 0 Å². The number of ether oxygens (including phenoxy) is 1. The summed E-state index contributed by atoms with van der Waals surface area (Å²) in [5.41, 5.74) is 0. The van der Waals surface area contributed by atoms with Crippen molar-refractivity contribution in [3.8, 4) is 0 Å². The van der Waals surface area contributed by atoms with Crippen LogP contribution in [0, 0.1) is 0 Å². The number of amides is 2. The molecule has 0 saturated carbocycles. The van der Waals surface area contributed by atoms with Gasteiger partial charge in [0.05, 0.1) is 12.5 Å². The fraction of sp³-hybridized carbons (Fsp3) is 0.625. The van der Waals surface area contributed by atoms with Gasteiger partial charge < -0.3 is 9.64 Å². The monoisotopic (exact) mass is 322 g/mol. The number of hydrogen-bond donors (Lipinski definition) is 0. The van der Waals surface area contributed by atoms with Crippen molar-refractivity contribution >= 4 is 23.3 Å². The van der Waals surface area contributed by atoms with Gasteiger partial charge in [0, 0.05) is 24.0 Å². The van der Waals surface area contributed by atoms with Gasteiger partial charge in [-0.2, -0.15) is 0 Å². The van der Waals surface area contributed by atoms with Crippen LogP contribution in [-0.4, -0.2) is 53.6 Å². The van der Waals surface area contributed by atoms with E-state index in [-0.39, 0.29) is 24.1 Å². The average molecular weight is 322 g/mol. The van der Waals surface area contributed by atoms with Crippen molar-refractivity contribution in [2.45, 2.75) is 44.7 Å². The first-order valence-corrected chi connectivity index (χ1v) is 8.82. The van der Waals surface area contributed by atoms with Crippen LogP contribution in [0.1, 0.15) is 31.1 Å². The molecule has 1 aromatic rings. The Morgan fingerprint density at radius 1 is 1.41 bits per heavy atom. The summed E-state index contributed by atoms with van der Waals surface area (Å²) in [6.07, 6.45) is 2.92. The van der Waals surface area contributed by atoms with Crippen LogP contribution in [0.4, 0.5) is 4.79 Å². The van der Waals surface area contributed by atoms with Crippen molar-refractivity contribution in [2.24, 2.45) is 0 Å². The Morgan fingerprint density at radius 2 is 2.18 bits per heavy atom. The maximum absolute atomic E-state index is 12.3. The molecule has 2 amide bonds. The van der Waals surface area contributed by atoms with E-state index in [1.807, 2.05) is 27.3 Å². The van der Waals surface area contributed by atoms with E-state index < -0.39 is 0 Å². The quantitative estimate of drug-likeness (QED) is 0.856. The topological polar surface area (TPSA) is 49.9 Å². The van der Waals surface area contributed by atoms with Gasteiger partial charge in [-0.15, -0.1) is 11.3 Å². The van der Waals surface area contributed by atoms with Gasteiger partial charge in [-0.25, -0.2) is 4.79 Å². The number of hydrogen-bond acceptors (Lipinski definition) is 4. The number of carbonyl (C=O) groups is 2. The van der Waals surface area contributed by atoms with Crippen LogP contribution in [0.15, 0.2) is 17.5 Å². The van der Waals surface area contributed by atoms with Gasteiger partial charge in [-0.05, 0) is 30.7 Å². The van der Waals surface area contributed by atoms with E-state index in [0.29, 0.717) is 13.0 Å². The first kappa shape index (κ1) is 15.3. The normalized spacial score (nSPS) is 23.0. The van der Waals surface area contributed by atoms with Crippen molar-refractivity contribution in [2.75, 3.05) is 19.7 Å². The molecule has 0 aliphatic carbocycles. The summed E-state index contributed by atoms with van der Waals surface area (Å²) in [5, 5.41) is 2.00. The molecule has 2 aliphatic rings. The lowest BCUT2D eigenvalue weighted by atomic mass is 10.0. The van der Waals surface area contributed by atoms with E-state index in [1.165, 1.54) is 0 Å². The Balaban J connectivity index is 1.54. The predicted octanol–water partition coefficient (Wildman–Crippen LogP) is 2.51. The fourth-order valence-corrected chi connectivity index (χ4v) is 4.00. The molecule has 120 valence electrons. The van der Waals surface area contributed by atoms with Crippen LogP contribution in [-0.2, 0) is 16.0 Å². The molecule has 1 aromatic heterocycles. The number of thiophene rings is 1. The third-order valence-electron chi connectivity index (χ3n) is 4.59. The molecule has 5 nitrogen and oxygen atoms in total. The van der Waals surface area contributed by atoms with E-state index in [0.717, 1.165) is 37.2 Å². The van der Waals surface area contributed by atoms with Gasteiger partial charge in [0.15, 0.2) is 0 Å². The standard InChI is InChI=1S/C16H22N2O3S/c1-2-12-11-21-16(20)18(12)13-5-7-17(8-6-13)15(19)10-14-4-3-9-22-14/h3-4,9,12-13H,2,5-8,10-11H2,1H3. The molecule has 0 aromatic carbocycles. The lowest BCUT2D eigenvalue weighted by Gasteiger charge is -2.37. The molecule has 0 N–H and O–H groups in total. The lowest BCUT2D eigenvalue weighted by molar-refractivity contribution is -0.131. The SMILES string of the molecule is CCC1COC(=O)N1C1CCN(C(=O)Cc2cccs2)CC1. The molecule has 1 atom stereocenters. The minimum atomic E-state index is -0.185. The van der Waals surface area contributed by atoms with E-state index in [1.54, 1.807) is 11.3 Å². The van der Waals surface area contributed by atoms with Crippen LogP contribution >= 0.6 is 11.3 Å². The molecule has 22 heavy (non-hydrogen) atoms. The molecule has 2 aliphatic heterocycles. The largest absolute Gasteiger partial charge is 0.447 e. The van der Waals surface area contributed by atoms with E-state index >= 15 is 0 Å². The highest BCUT2D eigenvalue weighted by atomic mass is 32.1.